The van der Waals surface area contributed by atoms with Crippen LogP contribution in [0, 0.1) is 0 Å². The molecule has 0 unspecified atom stereocenters. The number of nitrogens with one attached hydrogen (secondary N) is 2. The summed E-state index contributed by atoms with van der Waals surface area (Å²) in [6.07, 6.45) is 1.60. The highest BCUT2D eigenvalue weighted by Crippen LogP contribution is 2.12. The highest BCUT2D eigenvalue weighted by atomic mass is 16.4. The minimum Gasteiger partial charge on any atom is -0.481 e. The number of rotatable bonds is 6. The standard InChI is InChI=1S/C14H19N3O4/c1-14(2,7-6-11(18)19)17-12(20)9-4-5-10(16-8-9)13(21)15-3/h4-5,8H,6-7H2,1-3H3,(H,15,21)(H,17,20)(H,18,19). The van der Waals surface area contributed by atoms with E-state index in [1.165, 1.54) is 25.4 Å². The van der Waals surface area contributed by atoms with Crippen molar-refractivity contribution < 1.29 is 19.5 Å². The Labute approximate surface area is 122 Å². The molecule has 0 aliphatic heterocycles. The average molecular weight is 293 g/mol. The Kier molecular flexibility index (Phi) is 5.40. The zero-order chi connectivity index (χ0) is 16.0. The van der Waals surface area contributed by atoms with Crippen LogP contribution in [0.2, 0.25) is 0 Å². The van der Waals surface area contributed by atoms with Gasteiger partial charge in [0, 0.05) is 25.2 Å². The van der Waals surface area contributed by atoms with Gasteiger partial charge in [0.1, 0.15) is 5.69 Å². The predicted octanol–water partition coefficient (Wildman–Crippen LogP) is 0.814. The van der Waals surface area contributed by atoms with Crippen molar-refractivity contribution in [1.82, 2.24) is 15.6 Å². The predicted molar refractivity (Wildman–Crippen MR) is 76.0 cm³/mol. The second-order valence-corrected chi connectivity index (χ2v) is 5.24. The molecule has 1 aromatic rings. The van der Waals surface area contributed by atoms with Crippen LogP contribution >= 0.6 is 0 Å². The molecule has 0 saturated carbocycles. The summed E-state index contributed by atoms with van der Waals surface area (Å²) in [6, 6.07) is 2.96. The second-order valence-electron chi connectivity index (χ2n) is 5.24. The first-order valence-corrected chi connectivity index (χ1v) is 6.47. The maximum absolute atomic E-state index is 12.1. The van der Waals surface area contributed by atoms with Gasteiger partial charge in [0.25, 0.3) is 11.8 Å². The summed E-state index contributed by atoms with van der Waals surface area (Å²) in [5.41, 5.74) is -0.111. The lowest BCUT2D eigenvalue weighted by atomic mass is 9.98. The Morgan fingerprint density at radius 3 is 2.38 bits per heavy atom. The Morgan fingerprint density at radius 1 is 1.24 bits per heavy atom. The van der Waals surface area contributed by atoms with Crippen LogP contribution in [0.5, 0.6) is 0 Å². The van der Waals surface area contributed by atoms with E-state index in [4.69, 9.17) is 5.11 Å². The summed E-state index contributed by atoms with van der Waals surface area (Å²) in [5, 5.41) is 13.9. The number of aromatic nitrogens is 1. The van der Waals surface area contributed by atoms with Gasteiger partial charge in [-0.2, -0.15) is 0 Å². The van der Waals surface area contributed by atoms with Crippen molar-refractivity contribution in [2.45, 2.75) is 32.2 Å². The van der Waals surface area contributed by atoms with Gasteiger partial charge >= 0.3 is 5.97 Å². The molecule has 7 heteroatoms. The molecule has 0 aliphatic carbocycles. The van der Waals surface area contributed by atoms with Gasteiger partial charge < -0.3 is 15.7 Å². The quantitative estimate of drug-likeness (QED) is 0.719. The van der Waals surface area contributed by atoms with E-state index < -0.39 is 11.5 Å². The molecule has 0 radical (unpaired) electrons. The van der Waals surface area contributed by atoms with Crippen LogP contribution in [0.15, 0.2) is 18.3 Å². The maximum Gasteiger partial charge on any atom is 0.303 e. The number of carboxylic acid groups (broad SMARTS) is 1. The van der Waals surface area contributed by atoms with Gasteiger partial charge in [-0.05, 0) is 32.4 Å². The van der Waals surface area contributed by atoms with Gasteiger partial charge in [-0.15, -0.1) is 0 Å². The van der Waals surface area contributed by atoms with Gasteiger partial charge in [-0.25, -0.2) is 0 Å². The molecule has 1 rings (SSSR count). The average Bonchev–Trinajstić information content (AvgIpc) is 2.44. The summed E-state index contributed by atoms with van der Waals surface area (Å²) >= 11 is 0. The molecular weight excluding hydrogens is 274 g/mol. The van der Waals surface area contributed by atoms with Gasteiger partial charge in [0.05, 0.1) is 5.56 Å². The van der Waals surface area contributed by atoms with E-state index in [0.29, 0.717) is 12.0 Å². The molecule has 0 atom stereocenters. The number of carbonyl (C=O) groups excluding carboxylic acids is 2. The molecule has 0 aliphatic rings. The highest BCUT2D eigenvalue weighted by Gasteiger charge is 2.22. The van der Waals surface area contributed by atoms with Crippen molar-refractivity contribution in [3.63, 3.8) is 0 Å². The number of hydrogen-bond acceptors (Lipinski definition) is 4. The molecule has 0 fully saturated rings. The SMILES string of the molecule is CNC(=O)c1ccc(C(=O)NC(C)(C)CCC(=O)O)cn1. The van der Waals surface area contributed by atoms with Gasteiger partial charge in [-0.1, -0.05) is 0 Å². The third kappa shape index (κ3) is 5.21. The Hall–Kier alpha value is -2.44. The molecule has 2 amide bonds. The molecule has 1 aromatic heterocycles. The monoisotopic (exact) mass is 293 g/mol. The molecule has 7 nitrogen and oxygen atoms in total. The van der Waals surface area contributed by atoms with Crippen LogP contribution in [-0.4, -0.2) is 40.5 Å². The highest BCUT2D eigenvalue weighted by molar-refractivity contribution is 5.96. The largest absolute Gasteiger partial charge is 0.481 e. The first-order valence-electron chi connectivity index (χ1n) is 6.47. The number of pyridine rings is 1. The molecule has 0 bridgehead atoms. The van der Waals surface area contributed by atoms with Gasteiger partial charge in [0.15, 0.2) is 0 Å². The number of amides is 2. The fourth-order valence-electron chi connectivity index (χ4n) is 1.65. The Balaban J connectivity index is 2.71. The van der Waals surface area contributed by atoms with Gasteiger partial charge in [-0.3, -0.25) is 19.4 Å². The number of carboxylic acids is 1. The van der Waals surface area contributed by atoms with Crippen molar-refractivity contribution >= 4 is 17.8 Å². The second kappa shape index (κ2) is 6.83. The minimum absolute atomic E-state index is 0.0266. The van der Waals surface area contributed by atoms with Crippen molar-refractivity contribution in [3.05, 3.63) is 29.6 Å². The van der Waals surface area contributed by atoms with Crippen LogP contribution in [0.25, 0.3) is 0 Å². The molecule has 114 valence electrons. The van der Waals surface area contributed by atoms with Crippen molar-refractivity contribution in [2.75, 3.05) is 7.05 Å². The fourth-order valence-corrected chi connectivity index (χ4v) is 1.65. The summed E-state index contributed by atoms with van der Waals surface area (Å²) in [4.78, 5) is 37.9. The number of aliphatic carboxylic acids is 1. The van der Waals surface area contributed by atoms with E-state index >= 15 is 0 Å². The molecular formula is C14H19N3O4. The van der Waals surface area contributed by atoms with E-state index in [0.717, 1.165) is 0 Å². The van der Waals surface area contributed by atoms with Crippen LogP contribution in [0.3, 0.4) is 0 Å². The first-order chi connectivity index (χ1) is 9.75. The smallest absolute Gasteiger partial charge is 0.303 e. The summed E-state index contributed by atoms with van der Waals surface area (Å²) in [5.74, 6) is -1.60. The Bertz CT molecular complexity index is 538. The zero-order valence-corrected chi connectivity index (χ0v) is 12.3. The third-order valence-corrected chi connectivity index (χ3v) is 2.90. The van der Waals surface area contributed by atoms with Crippen molar-refractivity contribution in [3.8, 4) is 0 Å². The number of carbonyl (C=O) groups is 3. The third-order valence-electron chi connectivity index (χ3n) is 2.90. The summed E-state index contributed by atoms with van der Waals surface area (Å²) in [7, 11) is 1.50. The molecule has 21 heavy (non-hydrogen) atoms. The van der Waals surface area contributed by atoms with Crippen molar-refractivity contribution in [1.29, 1.82) is 0 Å². The maximum atomic E-state index is 12.1. The van der Waals surface area contributed by atoms with E-state index in [1.54, 1.807) is 13.8 Å². The molecule has 3 N–H and O–H groups in total. The van der Waals surface area contributed by atoms with Crippen LogP contribution in [0.1, 0.15) is 47.5 Å². The summed E-state index contributed by atoms with van der Waals surface area (Å²) in [6.45, 7) is 3.50. The van der Waals surface area contributed by atoms with E-state index in [2.05, 4.69) is 15.6 Å². The fraction of sp³-hybridized carbons (Fsp3) is 0.429. The van der Waals surface area contributed by atoms with Crippen LogP contribution in [0.4, 0.5) is 0 Å². The lowest BCUT2D eigenvalue weighted by Gasteiger charge is -2.25. The number of hydrogen-bond donors (Lipinski definition) is 3. The van der Waals surface area contributed by atoms with E-state index in [-0.39, 0.29) is 23.9 Å². The topological polar surface area (TPSA) is 108 Å². The molecule has 0 saturated heterocycles. The first kappa shape index (κ1) is 16.6. The number of nitrogens with zero attached hydrogens (tertiary/aromatic N) is 1. The summed E-state index contributed by atoms with van der Waals surface area (Å²) < 4.78 is 0. The van der Waals surface area contributed by atoms with E-state index in [9.17, 15) is 14.4 Å². The van der Waals surface area contributed by atoms with Crippen molar-refractivity contribution in [2.24, 2.45) is 0 Å². The molecule has 0 aromatic carbocycles. The molecule has 1 heterocycles. The van der Waals surface area contributed by atoms with Crippen LogP contribution in [-0.2, 0) is 4.79 Å². The minimum atomic E-state index is -0.908. The molecule has 0 spiro atoms. The normalized spacial score (nSPS) is 10.8. The Morgan fingerprint density at radius 2 is 1.90 bits per heavy atom. The van der Waals surface area contributed by atoms with Crippen LogP contribution < -0.4 is 10.6 Å². The zero-order valence-electron chi connectivity index (χ0n) is 12.3. The lowest BCUT2D eigenvalue weighted by Crippen LogP contribution is -2.43. The lowest BCUT2D eigenvalue weighted by molar-refractivity contribution is -0.137. The van der Waals surface area contributed by atoms with E-state index in [1.807, 2.05) is 0 Å². The van der Waals surface area contributed by atoms with Gasteiger partial charge in [0.2, 0.25) is 0 Å².